The van der Waals surface area contributed by atoms with Crippen molar-refractivity contribution < 1.29 is 9.53 Å². The average molecular weight is 457 g/mol. The highest BCUT2D eigenvalue weighted by Gasteiger charge is 2.26. The fourth-order valence-corrected chi connectivity index (χ4v) is 3.34. The molecule has 2 aliphatic rings. The number of likely N-dealkylation sites (N-methyl/N-ethyl adjacent to an activating group) is 1. The maximum absolute atomic E-state index is 12.3. The number of nitrogens with zero attached hydrogens (tertiary/aromatic N) is 3. The van der Waals surface area contributed by atoms with Crippen LogP contribution in [0, 0.1) is 5.92 Å². The fraction of sp³-hybridized carbons (Fsp3) is 0.667. The van der Waals surface area contributed by atoms with E-state index in [2.05, 4.69) is 27.1 Å². The van der Waals surface area contributed by atoms with Gasteiger partial charge in [-0.25, -0.2) is 4.98 Å². The summed E-state index contributed by atoms with van der Waals surface area (Å²) in [7, 11) is 2.14. The van der Waals surface area contributed by atoms with Crippen LogP contribution in [-0.4, -0.2) is 68.3 Å². The monoisotopic (exact) mass is 455 g/mol. The molecule has 2 aliphatic heterocycles. The van der Waals surface area contributed by atoms with E-state index in [-0.39, 0.29) is 49.0 Å². The average Bonchev–Trinajstić information content (AvgIpc) is 2.67. The molecule has 162 valence electrons. The lowest BCUT2D eigenvalue weighted by Crippen LogP contribution is -2.46. The normalized spacial score (nSPS) is 18.9. The summed E-state index contributed by atoms with van der Waals surface area (Å²) in [5.41, 5.74) is 7.09. The summed E-state index contributed by atoms with van der Waals surface area (Å²) in [6, 6.07) is 3.60. The van der Waals surface area contributed by atoms with Crippen LogP contribution in [0.2, 0.25) is 0 Å². The molecule has 0 saturated carbocycles. The molecule has 2 fully saturated rings. The van der Waals surface area contributed by atoms with E-state index in [1.165, 1.54) is 0 Å². The lowest BCUT2D eigenvalue weighted by Gasteiger charge is -2.33. The molecule has 0 radical (unpaired) electrons. The topological polar surface area (TPSA) is 83.7 Å². The third-order valence-corrected chi connectivity index (χ3v) is 5.18. The van der Waals surface area contributed by atoms with E-state index in [0.29, 0.717) is 19.8 Å². The Hall–Kier alpha value is -0.830. The number of nitrogens with two attached hydrogens (primary N) is 1. The molecule has 0 bridgehead atoms. The molecule has 1 unspecified atom stereocenters. The van der Waals surface area contributed by atoms with Crippen molar-refractivity contribution in [3.05, 3.63) is 23.9 Å². The Balaban J connectivity index is 0.00000243. The van der Waals surface area contributed by atoms with E-state index in [1.807, 2.05) is 18.3 Å². The number of halogens is 3. The molecule has 0 aliphatic carbocycles. The molecular weight excluding hydrogens is 425 g/mol. The second-order valence-corrected chi connectivity index (χ2v) is 7.01. The van der Waals surface area contributed by atoms with Crippen molar-refractivity contribution in [3.8, 4) is 0 Å². The fourth-order valence-electron chi connectivity index (χ4n) is 3.34. The van der Waals surface area contributed by atoms with Crippen LogP contribution >= 0.6 is 37.2 Å². The zero-order valence-electron chi connectivity index (χ0n) is 16.2. The van der Waals surface area contributed by atoms with Crippen molar-refractivity contribution in [2.24, 2.45) is 11.7 Å². The van der Waals surface area contributed by atoms with E-state index >= 15 is 0 Å². The number of carbonyl (C=O) groups is 1. The molecule has 28 heavy (non-hydrogen) atoms. The highest BCUT2D eigenvalue weighted by atomic mass is 35.5. The van der Waals surface area contributed by atoms with Gasteiger partial charge in [-0.05, 0) is 37.4 Å². The minimum Gasteiger partial charge on any atom is -0.381 e. The quantitative estimate of drug-likeness (QED) is 0.698. The highest BCUT2D eigenvalue weighted by molar-refractivity contribution is 5.86. The van der Waals surface area contributed by atoms with Gasteiger partial charge in [0.05, 0.1) is 6.04 Å². The predicted molar refractivity (Wildman–Crippen MR) is 119 cm³/mol. The van der Waals surface area contributed by atoms with Crippen LogP contribution in [0.4, 0.5) is 5.82 Å². The molecule has 7 nitrogen and oxygen atoms in total. The Bertz CT molecular complexity index is 565. The van der Waals surface area contributed by atoms with E-state index in [0.717, 1.165) is 50.4 Å². The summed E-state index contributed by atoms with van der Waals surface area (Å²) in [4.78, 5) is 21.4. The van der Waals surface area contributed by atoms with E-state index in [1.54, 1.807) is 0 Å². The third-order valence-electron chi connectivity index (χ3n) is 5.18. The van der Waals surface area contributed by atoms with Gasteiger partial charge in [-0.15, -0.1) is 37.2 Å². The summed E-state index contributed by atoms with van der Waals surface area (Å²) in [6.45, 7) is 5.98. The van der Waals surface area contributed by atoms with Gasteiger partial charge in [-0.1, -0.05) is 6.07 Å². The summed E-state index contributed by atoms with van der Waals surface area (Å²) in [5.74, 6) is 1.13. The number of rotatable bonds is 5. The number of piperazine rings is 1. The highest BCUT2D eigenvalue weighted by Crippen LogP contribution is 2.18. The van der Waals surface area contributed by atoms with Gasteiger partial charge in [0.25, 0.3) is 0 Å². The van der Waals surface area contributed by atoms with E-state index in [4.69, 9.17) is 10.5 Å². The molecule has 1 amide bonds. The molecule has 0 spiro atoms. The second-order valence-electron chi connectivity index (χ2n) is 7.01. The predicted octanol–water partition coefficient (Wildman–Crippen LogP) is 1.47. The van der Waals surface area contributed by atoms with Gasteiger partial charge in [0.1, 0.15) is 5.82 Å². The van der Waals surface area contributed by atoms with Gasteiger partial charge in [-0.3, -0.25) is 4.79 Å². The van der Waals surface area contributed by atoms with Crippen LogP contribution in [-0.2, 0) is 16.1 Å². The van der Waals surface area contributed by atoms with Crippen molar-refractivity contribution in [3.63, 3.8) is 0 Å². The molecule has 2 saturated heterocycles. The number of pyridine rings is 1. The molecular formula is C18H32Cl3N5O2. The first kappa shape index (κ1) is 27.2. The largest absolute Gasteiger partial charge is 0.381 e. The Morgan fingerprint density at radius 2 is 1.86 bits per heavy atom. The SMILES string of the molecule is CN1CCN(c2ccc(CNC(=O)C(N)C3CCOCC3)cn2)CC1.Cl.Cl.Cl. The zero-order valence-corrected chi connectivity index (χ0v) is 18.7. The number of aromatic nitrogens is 1. The summed E-state index contributed by atoms with van der Waals surface area (Å²) in [6.07, 6.45) is 3.56. The number of ether oxygens (including phenoxy) is 1. The standard InChI is InChI=1S/C18H29N5O2.3ClH/c1-22-6-8-23(9-7-22)16-3-2-14(12-20-16)13-21-18(24)17(19)15-4-10-25-11-5-15;;;/h2-3,12,15,17H,4-11,13,19H2,1H3,(H,21,24);3*1H. The Kier molecular flexibility index (Phi) is 13.0. The Labute approximate surface area is 186 Å². The van der Waals surface area contributed by atoms with Gasteiger partial charge in [0, 0.05) is 52.1 Å². The third kappa shape index (κ3) is 7.54. The number of hydrogen-bond donors (Lipinski definition) is 2. The van der Waals surface area contributed by atoms with E-state index < -0.39 is 6.04 Å². The van der Waals surface area contributed by atoms with Crippen LogP contribution in [0.3, 0.4) is 0 Å². The number of amides is 1. The minimum absolute atomic E-state index is 0. The molecule has 0 aromatic carbocycles. The smallest absolute Gasteiger partial charge is 0.237 e. The summed E-state index contributed by atoms with van der Waals surface area (Å²) >= 11 is 0. The Morgan fingerprint density at radius 1 is 1.21 bits per heavy atom. The van der Waals surface area contributed by atoms with Gasteiger partial charge in [-0.2, -0.15) is 0 Å². The maximum atomic E-state index is 12.3. The maximum Gasteiger partial charge on any atom is 0.237 e. The molecule has 1 aromatic rings. The van der Waals surface area contributed by atoms with Crippen LogP contribution in [0.15, 0.2) is 18.3 Å². The van der Waals surface area contributed by atoms with Gasteiger partial charge in [0.2, 0.25) is 5.91 Å². The van der Waals surface area contributed by atoms with Crippen molar-refractivity contribution in [1.29, 1.82) is 0 Å². The lowest BCUT2D eigenvalue weighted by molar-refractivity contribution is -0.124. The number of hydrogen-bond acceptors (Lipinski definition) is 6. The van der Waals surface area contributed by atoms with Crippen LogP contribution in [0.25, 0.3) is 0 Å². The molecule has 10 heteroatoms. The van der Waals surface area contributed by atoms with Crippen LogP contribution < -0.4 is 16.0 Å². The van der Waals surface area contributed by atoms with Crippen molar-refractivity contribution in [2.75, 3.05) is 51.3 Å². The number of anilines is 1. The summed E-state index contributed by atoms with van der Waals surface area (Å²) < 4.78 is 5.32. The van der Waals surface area contributed by atoms with Crippen molar-refractivity contribution in [2.45, 2.75) is 25.4 Å². The van der Waals surface area contributed by atoms with Gasteiger partial charge in [0.15, 0.2) is 0 Å². The first-order valence-electron chi connectivity index (χ1n) is 9.13. The van der Waals surface area contributed by atoms with Gasteiger partial charge >= 0.3 is 0 Å². The number of carbonyl (C=O) groups excluding carboxylic acids is 1. The summed E-state index contributed by atoms with van der Waals surface area (Å²) in [5, 5.41) is 2.94. The van der Waals surface area contributed by atoms with Crippen LogP contribution in [0.1, 0.15) is 18.4 Å². The first-order chi connectivity index (χ1) is 12.1. The molecule has 1 atom stereocenters. The molecule has 1 aromatic heterocycles. The molecule has 3 rings (SSSR count). The minimum atomic E-state index is -0.457. The van der Waals surface area contributed by atoms with Crippen molar-refractivity contribution >= 4 is 48.9 Å². The molecule has 3 heterocycles. The lowest BCUT2D eigenvalue weighted by atomic mass is 9.92. The van der Waals surface area contributed by atoms with E-state index in [9.17, 15) is 4.79 Å². The first-order valence-corrected chi connectivity index (χ1v) is 9.13. The Morgan fingerprint density at radius 3 is 2.43 bits per heavy atom. The zero-order chi connectivity index (χ0) is 17.6. The number of nitrogens with one attached hydrogen (secondary N) is 1. The second kappa shape index (κ2) is 13.4. The van der Waals surface area contributed by atoms with Crippen molar-refractivity contribution in [1.82, 2.24) is 15.2 Å². The molecule has 3 N–H and O–H groups in total. The van der Waals surface area contributed by atoms with Gasteiger partial charge < -0.3 is 25.6 Å². The van der Waals surface area contributed by atoms with Crippen LogP contribution in [0.5, 0.6) is 0 Å².